The second-order valence-electron chi connectivity index (χ2n) is 7.34. The molecule has 0 saturated carbocycles. The summed E-state index contributed by atoms with van der Waals surface area (Å²) in [6.45, 7) is 12.8. The van der Waals surface area contributed by atoms with E-state index in [1.54, 1.807) is 0 Å². The molecule has 22 heavy (non-hydrogen) atoms. The Morgan fingerprint density at radius 1 is 1.09 bits per heavy atom. The summed E-state index contributed by atoms with van der Waals surface area (Å²) in [6, 6.07) is 13.4. The van der Waals surface area contributed by atoms with Crippen LogP contribution >= 0.6 is 0 Å². The first-order valence-electron chi connectivity index (χ1n) is 8.60. The fraction of sp³-hybridized carbons (Fsp3) is 0.476. The van der Waals surface area contributed by atoms with E-state index in [0.717, 1.165) is 12.5 Å². The van der Waals surface area contributed by atoms with Gasteiger partial charge in [0.2, 0.25) is 5.69 Å². The summed E-state index contributed by atoms with van der Waals surface area (Å²) < 4.78 is 2.56. The maximum Gasteiger partial charge on any atom is 0.210 e. The van der Waals surface area contributed by atoms with E-state index in [-0.39, 0.29) is 5.41 Å². The van der Waals surface area contributed by atoms with Gasteiger partial charge in [-0.2, -0.15) is 4.58 Å². The van der Waals surface area contributed by atoms with Gasteiger partial charge in [0.15, 0.2) is 5.71 Å². The predicted octanol–water partition coefficient (Wildman–Crippen LogP) is 5.67. The van der Waals surface area contributed by atoms with Crippen LogP contribution in [0, 0.1) is 5.92 Å². The van der Waals surface area contributed by atoms with E-state index in [0.29, 0.717) is 0 Å². The highest BCUT2D eigenvalue weighted by Gasteiger charge is 2.43. The van der Waals surface area contributed by atoms with E-state index in [1.165, 1.54) is 40.6 Å². The maximum atomic E-state index is 2.56. The van der Waals surface area contributed by atoms with Gasteiger partial charge in [0.05, 0.1) is 5.41 Å². The van der Waals surface area contributed by atoms with Crippen molar-refractivity contribution in [2.45, 2.75) is 52.9 Å². The Labute approximate surface area is 134 Å². The Balaban J connectivity index is 2.11. The fourth-order valence-corrected chi connectivity index (χ4v) is 3.68. The summed E-state index contributed by atoms with van der Waals surface area (Å²) >= 11 is 0. The van der Waals surface area contributed by atoms with Crippen molar-refractivity contribution in [3.63, 3.8) is 0 Å². The van der Waals surface area contributed by atoms with Crippen molar-refractivity contribution in [1.29, 1.82) is 0 Å². The molecule has 2 aromatic rings. The van der Waals surface area contributed by atoms with Gasteiger partial charge in [-0.25, -0.2) is 0 Å². The maximum absolute atomic E-state index is 2.56. The highest BCUT2D eigenvalue weighted by molar-refractivity contribution is 6.01. The molecule has 1 heteroatoms. The van der Waals surface area contributed by atoms with Crippen molar-refractivity contribution in [2.75, 3.05) is 6.54 Å². The van der Waals surface area contributed by atoms with E-state index in [4.69, 9.17) is 0 Å². The quantitative estimate of drug-likeness (QED) is 0.639. The van der Waals surface area contributed by atoms with Gasteiger partial charge in [-0.15, -0.1) is 0 Å². The first-order chi connectivity index (χ1) is 10.5. The molecule has 3 rings (SSSR count). The second-order valence-corrected chi connectivity index (χ2v) is 7.34. The van der Waals surface area contributed by atoms with E-state index in [1.807, 2.05) is 0 Å². The summed E-state index contributed by atoms with van der Waals surface area (Å²) in [4.78, 5) is 0. The molecular weight excluding hydrogens is 266 g/mol. The zero-order valence-corrected chi connectivity index (χ0v) is 14.6. The summed E-state index contributed by atoms with van der Waals surface area (Å²) in [7, 11) is 0. The van der Waals surface area contributed by atoms with Gasteiger partial charge in [-0.1, -0.05) is 44.5 Å². The lowest BCUT2D eigenvalue weighted by Gasteiger charge is -2.17. The van der Waals surface area contributed by atoms with Crippen LogP contribution in [0.2, 0.25) is 0 Å². The Bertz CT molecular complexity index is 737. The average molecular weight is 294 g/mol. The van der Waals surface area contributed by atoms with Crippen molar-refractivity contribution in [3.8, 4) is 0 Å². The zero-order chi connectivity index (χ0) is 15.9. The largest absolute Gasteiger partial charge is 0.210 e. The predicted molar refractivity (Wildman–Crippen MR) is 96.5 cm³/mol. The summed E-state index contributed by atoms with van der Waals surface area (Å²) in [5.41, 5.74) is 4.53. The third-order valence-electron chi connectivity index (χ3n) is 5.67. The normalized spacial score (nSPS) is 17.9. The highest BCUT2D eigenvalue weighted by Crippen LogP contribution is 2.43. The number of rotatable bonds is 4. The van der Waals surface area contributed by atoms with Crippen molar-refractivity contribution >= 4 is 22.2 Å². The second kappa shape index (κ2) is 5.53. The van der Waals surface area contributed by atoms with E-state index in [9.17, 15) is 0 Å². The van der Waals surface area contributed by atoms with E-state index >= 15 is 0 Å². The molecule has 1 aliphatic rings. The Kier molecular flexibility index (Phi) is 3.84. The van der Waals surface area contributed by atoms with Gasteiger partial charge in [0.1, 0.15) is 6.54 Å². The standard InChI is InChI=1S/C21H28N/c1-6-15(2)13-14-22-16(3)21(4,5)20-18-10-8-7-9-17(18)11-12-19(20)22/h7-12,15H,6,13-14H2,1-5H3/q+1. The summed E-state index contributed by atoms with van der Waals surface area (Å²) in [5, 5.41) is 2.77. The van der Waals surface area contributed by atoms with Crippen molar-refractivity contribution < 1.29 is 4.58 Å². The highest BCUT2D eigenvalue weighted by atomic mass is 15.1. The third-order valence-corrected chi connectivity index (χ3v) is 5.67. The molecule has 0 saturated heterocycles. The summed E-state index contributed by atoms with van der Waals surface area (Å²) in [6.07, 6.45) is 2.52. The lowest BCUT2D eigenvalue weighted by molar-refractivity contribution is -0.440. The molecule has 1 nitrogen and oxygen atoms in total. The van der Waals surface area contributed by atoms with Gasteiger partial charge >= 0.3 is 0 Å². The third kappa shape index (κ3) is 2.27. The number of fused-ring (bicyclic) bond motifs is 3. The van der Waals surface area contributed by atoms with Crippen molar-refractivity contribution in [1.82, 2.24) is 0 Å². The van der Waals surface area contributed by atoms with Crippen LogP contribution in [-0.4, -0.2) is 16.8 Å². The molecule has 0 aromatic heterocycles. The molecule has 1 atom stereocenters. The molecule has 1 aliphatic heterocycles. The lowest BCUT2D eigenvalue weighted by atomic mass is 9.80. The van der Waals surface area contributed by atoms with Crippen LogP contribution in [0.15, 0.2) is 36.4 Å². The van der Waals surface area contributed by atoms with Gasteiger partial charge in [0.25, 0.3) is 0 Å². The van der Waals surface area contributed by atoms with Gasteiger partial charge in [0, 0.05) is 25.0 Å². The van der Waals surface area contributed by atoms with Crippen LogP contribution < -0.4 is 0 Å². The molecule has 116 valence electrons. The Morgan fingerprint density at radius 3 is 2.55 bits per heavy atom. The molecule has 0 aliphatic carbocycles. The monoisotopic (exact) mass is 294 g/mol. The molecular formula is C21H28N+. The van der Waals surface area contributed by atoms with E-state index < -0.39 is 0 Å². The average Bonchev–Trinajstić information content (AvgIpc) is 2.72. The van der Waals surface area contributed by atoms with Gasteiger partial charge in [-0.05, 0) is 36.6 Å². The molecule has 0 N–H and O–H groups in total. The van der Waals surface area contributed by atoms with Crippen LogP contribution in [-0.2, 0) is 5.41 Å². The molecule has 1 unspecified atom stereocenters. The van der Waals surface area contributed by atoms with Crippen molar-refractivity contribution in [3.05, 3.63) is 42.0 Å². The first kappa shape index (κ1) is 15.3. The van der Waals surface area contributed by atoms with Gasteiger partial charge in [-0.3, -0.25) is 0 Å². The molecule has 2 aromatic carbocycles. The molecule has 0 spiro atoms. The SMILES string of the molecule is CCC(C)CC[N+]1=C(C)C(C)(C)c2c1ccc1ccccc21. The topological polar surface area (TPSA) is 3.01 Å². The Morgan fingerprint density at radius 2 is 1.82 bits per heavy atom. The molecule has 0 amide bonds. The first-order valence-corrected chi connectivity index (χ1v) is 8.60. The summed E-state index contributed by atoms with van der Waals surface area (Å²) in [5.74, 6) is 0.792. The molecule has 0 radical (unpaired) electrons. The van der Waals surface area contributed by atoms with Crippen LogP contribution in [0.1, 0.15) is 53.0 Å². The number of nitrogens with zero attached hydrogens (tertiary/aromatic N) is 1. The van der Waals surface area contributed by atoms with E-state index in [2.05, 4.69) is 75.6 Å². The Hall–Kier alpha value is -1.63. The number of hydrogen-bond donors (Lipinski definition) is 0. The molecule has 1 heterocycles. The minimum Gasteiger partial charge on any atom is -0.199 e. The zero-order valence-electron chi connectivity index (χ0n) is 14.6. The van der Waals surface area contributed by atoms with Crippen LogP contribution in [0.4, 0.5) is 5.69 Å². The molecule has 0 bridgehead atoms. The van der Waals surface area contributed by atoms with Crippen LogP contribution in [0.25, 0.3) is 10.8 Å². The minimum atomic E-state index is 0.117. The van der Waals surface area contributed by atoms with Gasteiger partial charge < -0.3 is 0 Å². The lowest BCUT2D eigenvalue weighted by Crippen LogP contribution is -2.27. The minimum absolute atomic E-state index is 0.117. The fourth-order valence-electron chi connectivity index (χ4n) is 3.68. The smallest absolute Gasteiger partial charge is 0.199 e. The number of benzene rings is 2. The van der Waals surface area contributed by atoms with Crippen LogP contribution in [0.5, 0.6) is 0 Å². The van der Waals surface area contributed by atoms with Crippen LogP contribution in [0.3, 0.4) is 0 Å². The number of hydrogen-bond acceptors (Lipinski definition) is 0. The molecule has 0 fully saturated rings. The van der Waals surface area contributed by atoms with Crippen molar-refractivity contribution in [2.24, 2.45) is 5.92 Å².